The average Bonchev–Trinajstić information content (AvgIpc) is 2.52. The lowest BCUT2D eigenvalue weighted by atomic mass is 10.0. The van der Waals surface area contributed by atoms with Crippen LogP contribution in [0.5, 0.6) is 0 Å². The Bertz CT molecular complexity index is 462. The Labute approximate surface area is 97.0 Å². The summed E-state index contributed by atoms with van der Waals surface area (Å²) in [6.07, 6.45) is 5.42. The topological polar surface area (TPSA) is 53.4 Å². The number of pyridine rings is 1. The highest BCUT2D eigenvalue weighted by Crippen LogP contribution is 2.45. The summed E-state index contributed by atoms with van der Waals surface area (Å²) >= 11 is 1.28. The summed E-state index contributed by atoms with van der Waals surface area (Å²) in [5.41, 5.74) is 0. The van der Waals surface area contributed by atoms with E-state index in [1.807, 2.05) is 18.2 Å². The number of rotatable bonds is 2. The number of hydrogen-bond acceptors (Lipinski definition) is 4. The highest BCUT2D eigenvalue weighted by atomic mass is 32.2. The Morgan fingerprint density at radius 2 is 2.44 bits per heavy atom. The quantitative estimate of drug-likeness (QED) is 0.612. The number of hydrogen-bond donors (Lipinski definition) is 1. The van der Waals surface area contributed by atoms with Crippen molar-refractivity contribution >= 4 is 17.7 Å². The van der Waals surface area contributed by atoms with Gasteiger partial charge in [0.25, 0.3) is 0 Å². The molecule has 0 spiro atoms. The van der Waals surface area contributed by atoms with Crippen molar-refractivity contribution in [3.8, 4) is 0 Å². The molecule has 0 radical (unpaired) electrons. The second kappa shape index (κ2) is 3.33. The normalized spacial score (nSPS) is 31.4. The summed E-state index contributed by atoms with van der Waals surface area (Å²) in [6, 6.07) is 5.42. The molecule has 0 aliphatic carbocycles. The Morgan fingerprint density at radius 1 is 1.56 bits per heavy atom. The fourth-order valence-corrected chi connectivity index (χ4v) is 3.00. The molecule has 1 unspecified atom stereocenters. The van der Waals surface area contributed by atoms with Crippen LogP contribution in [-0.4, -0.2) is 31.9 Å². The van der Waals surface area contributed by atoms with Gasteiger partial charge in [-0.2, -0.15) is 0 Å². The third-order valence-electron chi connectivity index (χ3n) is 2.85. The first-order chi connectivity index (χ1) is 7.69. The molecule has 2 aliphatic heterocycles. The predicted octanol–water partition coefficient (Wildman–Crippen LogP) is 0.990. The summed E-state index contributed by atoms with van der Waals surface area (Å²) in [6.45, 7) is 0. The summed E-state index contributed by atoms with van der Waals surface area (Å²) < 4.78 is 0. The van der Waals surface area contributed by atoms with E-state index in [2.05, 4.69) is 4.98 Å². The largest absolute Gasteiger partial charge is 0.373 e. The molecule has 1 aromatic rings. The number of aliphatic hydroxyl groups is 1. The molecule has 3 heterocycles. The molecule has 2 aliphatic rings. The van der Waals surface area contributed by atoms with Crippen molar-refractivity contribution < 1.29 is 9.90 Å². The summed E-state index contributed by atoms with van der Waals surface area (Å²) in [7, 11) is 0. The number of carbonyl (C=O) groups is 1. The number of nitrogens with zero attached hydrogens (tertiary/aromatic N) is 2. The fourth-order valence-electron chi connectivity index (χ4n) is 1.94. The van der Waals surface area contributed by atoms with Crippen LogP contribution in [0.25, 0.3) is 0 Å². The Morgan fingerprint density at radius 3 is 3.06 bits per heavy atom. The number of thioether (sulfide) groups is 1. The molecule has 1 saturated heterocycles. The Balaban J connectivity index is 1.81. The molecule has 1 N–H and O–H groups in total. The van der Waals surface area contributed by atoms with E-state index in [4.69, 9.17) is 0 Å². The van der Waals surface area contributed by atoms with Gasteiger partial charge in [0.2, 0.25) is 5.91 Å². The average molecular weight is 234 g/mol. The van der Waals surface area contributed by atoms with E-state index in [1.165, 1.54) is 11.8 Å². The molecular weight excluding hydrogens is 224 g/mol. The summed E-state index contributed by atoms with van der Waals surface area (Å²) in [5, 5.41) is 11.2. The van der Waals surface area contributed by atoms with Gasteiger partial charge in [-0.1, -0.05) is 17.8 Å². The maximum Gasteiger partial charge on any atom is 0.229 e. The first-order valence-corrected chi connectivity index (χ1v) is 5.84. The van der Waals surface area contributed by atoms with E-state index in [0.717, 1.165) is 5.03 Å². The third kappa shape index (κ3) is 1.36. The van der Waals surface area contributed by atoms with Gasteiger partial charge < -0.3 is 10.0 Å². The standard InChI is InChI=1S/C11H10N2O2S/c14-10-7-8-11(15,4-6-13(8)10)16-9-3-1-2-5-12-9/h1-6,8,15H,7H2/t8-,11?/m0/s1. The van der Waals surface area contributed by atoms with Crippen LogP contribution in [0.4, 0.5) is 0 Å². The van der Waals surface area contributed by atoms with Crippen molar-refractivity contribution in [2.24, 2.45) is 0 Å². The van der Waals surface area contributed by atoms with E-state index in [9.17, 15) is 9.90 Å². The predicted molar refractivity (Wildman–Crippen MR) is 59.4 cm³/mol. The summed E-state index contributed by atoms with van der Waals surface area (Å²) in [5.74, 6) is 0.0683. The molecule has 0 aromatic carbocycles. The molecule has 4 nitrogen and oxygen atoms in total. The minimum absolute atomic E-state index is 0.0683. The van der Waals surface area contributed by atoms with Gasteiger partial charge >= 0.3 is 0 Å². The monoisotopic (exact) mass is 234 g/mol. The van der Waals surface area contributed by atoms with Crippen LogP contribution in [0, 0.1) is 0 Å². The maximum atomic E-state index is 11.2. The van der Waals surface area contributed by atoms with Crippen LogP contribution < -0.4 is 0 Å². The number of amides is 1. The molecular formula is C11H10N2O2S. The van der Waals surface area contributed by atoms with Crippen LogP contribution in [0.1, 0.15) is 6.42 Å². The zero-order valence-electron chi connectivity index (χ0n) is 8.41. The van der Waals surface area contributed by atoms with Crippen molar-refractivity contribution in [3.05, 3.63) is 36.7 Å². The molecule has 1 fully saturated rings. The van der Waals surface area contributed by atoms with Crippen LogP contribution in [0.15, 0.2) is 41.7 Å². The molecule has 2 atom stereocenters. The highest BCUT2D eigenvalue weighted by molar-refractivity contribution is 8.00. The zero-order chi connectivity index (χ0) is 11.2. The molecule has 3 rings (SSSR count). The van der Waals surface area contributed by atoms with Gasteiger partial charge in [-0.3, -0.25) is 4.79 Å². The fraction of sp³-hybridized carbons (Fsp3) is 0.273. The lowest BCUT2D eigenvalue weighted by Crippen LogP contribution is -2.55. The minimum atomic E-state index is -1.03. The van der Waals surface area contributed by atoms with E-state index < -0.39 is 4.93 Å². The van der Waals surface area contributed by atoms with Gasteiger partial charge in [0.05, 0.1) is 17.5 Å². The lowest BCUT2D eigenvalue weighted by molar-refractivity contribution is -0.144. The van der Waals surface area contributed by atoms with Gasteiger partial charge in [-0.25, -0.2) is 4.98 Å². The van der Waals surface area contributed by atoms with Crippen molar-refractivity contribution in [2.45, 2.75) is 22.4 Å². The van der Waals surface area contributed by atoms with E-state index >= 15 is 0 Å². The van der Waals surface area contributed by atoms with Crippen molar-refractivity contribution in [2.75, 3.05) is 0 Å². The number of fused-ring (bicyclic) bond motifs is 1. The van der Waals surface area contributed by atoms with Gasteiger partial charge in [0.15, 0.2) is 4.93 Å². The van der Waals surface area contributed by atoms with E-state index in [-0.39, 0.29) is 11.9 Å². The number of β-lactam (4-membered cyclic amide) rings is 1. The van der Waals surface area contributed by atoms with E-state index in [1.54, 1.807) is 23.4 Å². The van der Waals surface area contributed by atoms with Crippen LogP contribution in [0.2, 0.25) is 0 Å². The molecule has 0 bridgehead atoms. The van der Waals surface area contributed by atoms with Gasteiger partial charge in [0.1, 0.15) is 0 Å². The Kier molecular flexibility index (Phi) is 2.05. The summed E-state index contributed by atoms with van der Waals surface area (Å²) in [4.78, 5) is 15.9. The third-order valence-corrected chi connectivity index (χ3v) is 4.03. The maximum absolute atomic E-state index is 11.2. The van der Waals surface area contributed by atoms with Crippen molar-refractivity contribution in [3.63, 3.8) is 0 Å². The van der Waals surface area contributed by atoms with Crippen molar-refractivity contribution in [1.82, 2.24) is 9.88 Å². The smallest absolute Gasteiger partial charge is 0.229 e. The first kappa shape index (κ1) is 9.86. The minimum Gasteiger partial charge on any atom is -0.373 e. The zero-order valence-corrected chi connectivity index (χ0v) is 9.22. The second-order valence-electron chi connectivity index (χ2n) is 3.86. The molecule has 82 valence electrons. The lowest BCUT2D eigenvalue weighted by Gasteiger charge is -2.40. The SMILES string of the molecule is O=C1C[C@@H]2N1C=CC2(O)Sc1ccccn1. The highest BCUT2D eigenvalue weighted by Gasteiger charge is 2.52. The van der Waals surface area contributed by atoms with Crippen LogP contribution in [0.3, 0.4) is 0 Å². The molecule has 1 amide bonds. The van der Waals surface area contributed by atoms with E-state index in [0.29, 0.717) is 6.42 Å². The Hall–Kier alpha value is -1.33. The second-order valence-corrected chi connectivity index (χ2v) is 5.13. The van der Waals surface area contributed by atoms with Gasteiger partial charge in [0, 0.05) is 12.4 Å². The van der Waals surface area contributed by atoms with Crippen molar-refractivity contribution in [1.29, 1.82) is 0 Å². The van der Waals surface area contributed by atoms with Crippen LogP contribution >= 0.6 is 11.8 Å². The molecule has 1 aromatic heterocycles. The first-order valence-electron chi connectivity index (χ1n) is 5.02. The molecule has 0 saturated carbocycles. The molecule has 5 heteroatoms. The number of aromatic nitrogens is 1. The van der Waals surface area contributed by atoms with Gasteiger partial charge in [-0.15, -0.1) is 0 Å². The van der Waals surface area contributed by atoms with Crippen LogP contribution in [-0.2, 0) is 4.79 Å². The van der Waals surface area contributed by atoms with Gasteiger partial charge in [-0.05, 0) is 18.2 Å². The molecule has 16 heavy (non-hydrogen) atoms. The number of carbonyl (C=O) groups excluding carboxylic acids is 1.